The van der Waals surface area contributed by atoms with Crippen molar-refractivity contribution < 1.29 is 0 Å². The van der Waals surface area contributed by atoms with Gasteiger partial charge in [-0.05, 0) is 38.1 Å². The Morgan fingerprint density at radius 2 is 1.67 bits per heavy atom. The summed E-state index contributed by atoms with van der Waals surface area (Å²) in [5.74, 6) is 0. The van der Waals surface area contributed by atoms with E-state index in [2.05, 4.69) is 49.4 Å². The topological polar surface area (TPSA) is 0 Å². The predicted molar refractivity (Wildman–Crippen MR) is 73.4 cm³/mol. The van der Waals surface area contributed by atoms with Crippen molar-refractivity contribution >= 4 is 11.8 Å². The fraction of sp³-hybridized carbons (Fsp3) is 0.286. The number of benzene rings is 1. The van der Waals surface area contributed by atoms with E-state index in [1.54, 1.807) is 0 Å². The van der Waals surface area contributed by atoms with Gasteiger partial charge in [0.15, 0.2) is 9.80 Å². The molecule has 82 valence electrons. The zero-order valence-electron chi connectivity index (χ0n) is 10.1. The first-order valence-electron chi connectivity index (χ1n) is 5.42. The highest BCUT2D eigenvalue weighted by Gasteiger charge is 2.04. The van der Waals surface area contributed by atoms with Crippen LogP contribution in [0.15, 0.2) is 58.4 Å². The van der Waals surface area contributed by atoms with Crippen LogP contribution in [0.2, 0.25) is 0 Å². The molecule has 0 aromatic heterocycles. The summed E-state index contributed by atoms with van der Waals surface area (Å²) in [6, 6.07) is 10.5. The smallest absolute Gasteiger partial charge is 0.0827 e. The van der Waals surface area contributed by atoms with E-state index < -0.39 is 0 Å². The van der Waals surface area contributed by atoms with Gasteiger partial charge in [0.25, 0.3) is 0 Å². The highest BCUT2D eigenvalue weighted by atomic mass is 32.2. The van der Waals surface area contributed by atoms with Gasteiger partial charge in [-0.1, -0.05) is 38.1 Å². The maximum absolute atomic E-state index is 2.15. The van der Waals surface area contributed by atoms with Crippen molar-refractivity contribution in [2.45, 2.75) is 32.6 Å². The molecule has 0 nitrogen and oxygen atoms in total. The minimum atomic E-state index is 1.28. The minimum Gasteiger partial charge on any atom is -0.0827 e. The summed E-state index contributed by atoms with van der Waals surface area (Å²) in [5, 5.41) is 0. The SMILES string of the molecule is C/C=C\C(=C/C)[SH+]c1ccccc1.CC. The summed E-state index contributed by atoms with van der Waals surface area (Å²) in [6.45, 7) is 8.12. The summed E-state index contributed by atoms with van der Waals surface area (Å²) < 4.78 is 0. The van der Waals surface area contributed by atoms with Crippen LogP contribution in [0, 0.1) is 0 Å². The lowest BCUT2D eigenvalue weighted by Crippen LogP contribution is -1.84. The molecule has 1 aromatic carbocycles. The van der Waals surface area contributed by atoms with Gasteiger partial charge in [0.2, 0.25) is 0 Å². The van der Waals surface area contributed by atoms with Gasteiger partial charge in [0.05, 0.1) is 0 Å². The first-order valence-corrected chi connectivity index (χ1v) is 6.32. The number of rotatable bonds is 3. The van der Waals surface area contributed by atoms with E-state index in [1.807, 2.05) is 26.8 Å². The van der Waals surface area contributed by atoms with Crippen molar-refractivity contribution in [2.24, 2.45) is 0 Å². The summed E-state index contributed by atoms with van der Waals surface area (Å²) in [5.41, 5.74) is 0. The molecule has 15 heavy (non-hydrogen) atoms. The highest BCUT2D eigenvalue weighted by molar-refractivity contribution is 7.83. The number of hydrogen-bond donors (Lipinski definition) is 0. The second kappa shape index (κ2) is 9.60. The molecule has 0 aliphatic carbocycles. The first-order chi connectivity index (χ1) is 7.36. The highest BCUT2D eigenvalue weighted by Crippen LogP contribution is 2.10. The Morgan fingerprint density at radius 1 is 1.07 bits per heavy atom. The van der Waals surface area contributed by atoms with Gasteiger partial charge >= 0.3 is 0 Å². The lowest BCUT2D eigenvalue weighted by molar-refractivity contribution is 1.46. The quantitative estimate of drug-likeness (QED) is 0.404. The molecule has 0 radical (unpaired) electrons. The molecule has 0 unspecified atom stereocenters. The molecule has 0 saturated heterocycles. The summed E-state index contributed by atoms with van der Waals surface area (Å²) in [6.07, 6.45) is 6.37. The molecule has 0 amide bonds. The van der Waals surface area contributed by atoms with E-state index in [-0.39, 0.29) is 0 Å². The Bertz CT molecular complexity index is 296. The molecule has 0 bridgehead atoms. The molecule has 0 fully saturated rings. The largest absolute Gasteiger partial charge is 0.158 e. The Morgan fingerprint density at radius 3 is 2.13 bits per heavy atom. The summed E-state index contributed by atoms with van der Waals surface area (Å²) in [4.78, 5) is 2.68. The van der Waals surface area contributed by atoms with Crippen molar-refractivity contribution in [1.29, 1.82) is 0 Å². The third-order valence-electron chi connectivity index (χ3n) is 1.65. The minimum absolute atomic E-state index is 1.28. The van der Waals surface area contributed by atoms with Crippen LogP contribution in [-0.4, -0.2) is 0 Å². The van der Waals surface area contributed by atoms with E-state index in [9.17, 15) is 0 Å². The van der Waals surface area contributed by atoms with E-state index in [0.717, 1.165) is 0 Å². The van der Waals surface area contributed by atoms with Crippen LogP contribution in [0.1, 0.15) is 27.7 Å². The maximum Gasteiger partial charge on any atom is 0.158 e. The molecule has 0 spiro atoms. The number of allylic oxidation sites excluding steroid dienone is 3. The molecule has 0 heterocycles. The monoisotopic (exact) mass is 221 g/mol. The van der Waals surface area contributed by atoms with Crippen LogP contribution < -0.4 is 0 Å². The standard InChI is InChI=1S/C12H14S.C2H6/c1-3-8-11(4-2)13-12-9-6-5-7-10-12;1-2/h3-10H,1-2H3;1-2H3/p+1/b8-3-,11-4+;. The van der Waals surface area contributed by atoms with E-state index in [4.69, 9.17) is 0 Å². The average Bonchev–Trinajstić information content (AvgIpc) is 2.32. The molecule has 1 heteroatoms. The fourth-order valence-corrected chi connectivity index (χ4v) is 1.99. The van der Waals surface area contributed by atoms with Gasteiger partial charge in [-0.3, -0.25) is 0 Å². The van der Waals surface area contributed by atoms with Crippen LogP contribution in [0.25, 0.3) is 0 Å². The normalized spacial score (nSPS) is 11.1. The molecule has 0 saturated carbocycles. The third kappa shape index (κ3) is 6.19. The zero-order chi connectivity index (χ0) is 11.5. The molecular weight excluding hydrogens is 200 g/mol. The van der Waals surface area contributed by atoms with Crippen LogP contribution >= 0.6 is 0 Å². The van der Waals surface area contributed by atoms with E-state index >= 15 is 0 Å². The van der Waals surface area contributed by atoms with Crippen molar-refractivity contribution in [2.75, 3.05) is 0 Å². The number of hydrogen-bond acceptors (Lipinski definition) is 0. The molecule has 0 aliphatic heterocycles. The van der Waals surface area contributed by atoms with Crippen molar-refractivity contribution in [3.05, 3.63) is 53.5 Å². The van der Waals surface area contributed by atoms with Gasteiger partial charge in [-0.25, -0.2) is 0 Å². The zero-order valence-corrected chi connectivity index (χ0v) is 11.0. The predicted octanol–water partition coefficient (Wildman–Crippen LogP) is 4.37. The molecular formula is C14H21S+. The number of thiol groups is 1. The summed E-state index contributed by atoms with van der Waals surface area (Å²) in [7, 11) is 0. The van der Waals surface area contributed by atoms with Crippen molar-refractivity contribution in [3.63, 3.8) is 0 Å². The summed E-state index contributed by atoms with van der Waals surface area (Å²) >= 11 is 1.28. The Balaban J connectivity index is 0.000000921. The van der Waals surface area contributed by atoms with Crippen molar-refractivity contribution in [1.82, 2.24) is 0 Å². The third-order valence-corrected chi connectivity index (χ3v) is 2.87. The molecule has 0 atom stereocenters. The fourth-order valence-electron chi connectivity index (χ4n) is 1.02. The second-order valence-corrected chi connectivity index (χ2v) is 3.92. The van der Waals surface area contributed by atoms with Gasteiger partial charge in [0, 0.05) is 11.8 Å². The Kier molecular flexibility index (Phi) is 8.99. The molecule has 1 aromatic rings. The van der Waals surface area contributed by atoms with E-state index in [0.29, 0.717) is 0 Å². The second-order valence-electron chi connectivity index (χ2n) is 2.66. The Labute approximate surface area is 98.1 Å². The van der Waals surface area contributed by atoms with Gasteiger partial charge < -0.3 is 0 Å². The average molecular weight is 221 g/mol. The van der Waals surface area contributed by atoms with Crippen LogP contribution in [-0.2, 0) is 11.8 Å². The molecule has 0 N–H and O–H groups in total. The Hall–Kier alpha value is -0.950. The van der Waals surface area contributed by atoms with Gasteiger partial charge in [-0.15, -0.1) is 0 Å². The van der Waals surface area contributed by atoms with Crippen LogP contribution in [0.4, 0.5) is 0 Å². The van der Waals surface area contributed by atoms with Gasteiger partial charge in [0.1, 0.15) is 0 Å². The molecule has 0 aliphatic rings. The molecule has 1 rings (SSSR count). The van der Waals surface area contributed by atoms with E-state index in [1.165, 1.54) is 21.6 Å². The lowest BCUT2D eigenvalue weighted by Gasteiger charge is -1.90. The first kappa shape index (κ1) is 14.1. The maximum atomic E-state index is 2.15. The van der Waals surface area contributed by atoms with Gasteiger partial charge in [-0.2, -0.15) is 0 Å². The van der Waals surface area contributed by atoms with Crippen LogP contribution in [0.3, 0.4) is 0 Å². The van der Waals surface area contributed by atoms with Crippen LogP contribution in [0.5, 0.6) is 0 Å². The van der Waals surface area contributed by atoms with Crippen molar-refractivity contribution in [3.8, 4) is 0 Å². The lowest BCUT2D eigenvalue weighted by atomic mass is 10.4.